The number of hydrogen-bond acceptors (Lipinski definition) is 5. The number of nitrogens with two attached hydrogens (primary N) is 1. The standard InChI is InChI=1S/C23H32N6O3/c1-23(2,3)21(32)29-12-5-9-17(29)20(31)27-10-6-11-28(14-13-27)22-25-16-8-4-7-15(19(24)30)18(16)26-22/h4,7-8,17H,5-6,9-14H2,1-3H3,(H2,24,30)(H,25,26)/t17-/m1/s1. The molecule has 2 aromatic rings. The van der Waals surface area contributed by atoms with Crippen LogP contribution in [0.25, 0.3) is 11.0 Å². The van der Waals surface area contributed by atoms with Gasteiger partial charge in [0.2, 0.25) is 17.8 Å². The molecule has 0 unspecified atom stereocenters. The minimum Gasteiger partial charge on any atom is -0.366 e. The number of likely N-dealkylation sites (tertiary alicyclic amines) is 1. The maximum Gasteiger partial charge on any atom is 0.250 e. The Hall–Kier alpha value is -3.10. The third-order valence-corrected chi connectivity index (χ3v) is 6.31. The molecule has 9 nitrogen and oxygen atoms in total. The number of imidazole rings is 1. The zero-order valence-corrected chi connectivity index (χ0v) is 19.1. The van der Waals surface area contributed by atoms with Crippen molar-refractivity contribution in [3.05, 3.63) is 23.8 Å². The monoisotopic (exact) mass is 440 g/mol. The number of anilines is 1. The van der Waals surface area contributed by atoms with E-state index in [1.165, 1.54) is 0 Å². The first-order valence-electron chi connectivity index (χ1n) is 11.3. The summed E-state index contributed by atoms with van der Waals surface area (Å²) in [5.74, 6) is 0.250. The predicted octanol–water partition coefficient (Wildman–Crippen LogP) is 1.74. The van der Waals surface area contributed by atoms with E-state index in [2.05, 4.69) is 14.9 Å². The molecule has 9 heteroatoms. The Bertz CT molecular complexity index is 1040. The molecule has 2 aliphatic rings. The molecule has 0 spiro atoms. The van der Waals surface area contributed by atoms with E-state index in [0.29, 0.717) is 43.2 Å². The first-order valence-corrected chi connectivity index (χ1v) is 11.3. The molecule has 32 heavy (non-hydrogen) atoms. The Balaban J connectivity index is 1.47. The highest BCUT2D eigenvalue weighted by Gasteiger charge is 2.40. The number of amides is 3. The molecule has 1 aromatic heterocycles. The van der Waals surface area contributed by atoms with Crippen molar-refractivity contribution in [2.45, 2.75) is 46.1 Å². The van der Waals surface area contributed by atoms with Crippen molar-refractivity contribution in [1.29, 1.82) is 0 Å². The summed E-state index contributed by atoms with van der Waals surface area (Å²) in [7, 11) is 0. The zero-order valence-electron chi connectivity index (χ0n) is 19.1. The van der Waals surface area contributed by atoms with Crippen molar-refractivity contribution in [1.82, 2.24) is 19.8 Å². The van der Waals surface area contributed by atoms with Crippen LogP contribution in [0.15, 0.2) is 18.2 Å². The number of hydrogen-bond donors (Lipinski definition) is 2. The van der Waals surface area contributed by atoms with Crippen LogP contribution in [0.5, 0.6) is 0 Å². The van der Waals surface area contributed by atoms with Crippen molar-refractivity contribution in [2.24, 2.45) is 11.1 Å². The number of nitrogens with one attached hydrogen (secondary N) is 1. The summed E-state index contributed by atoms with van der Waals surface area (Å²) in [6, 6.07) is 4.95. The first-order chi connectivity index (χ1) is 15.2. The molecule has 0 bridgehead atoms. The summed E-state index contributed by atoms with van der Waals surface area (Å²) in [5.41, 5.74) is 6.70. The van der Waals surface area contributed by atoms with Crippen LogP contribution in [0.4, 0.5) is 5.95 Å². The van der Waals surface area contributed by atoms with Gasteiger partial charge >= 0.3 is 0 Å². The van der Waals surface area contributed by atoms with Crippen molar-refractivity contribution >= 4 is 34.7 Å². The van der Waals surface area contributed by atoms with E-state index >= 15 is 0 Å². The number of fused-ring (bicyclic) bond motifs is 1. The van der Waals surface area contributed by atoms with Crippen LogP contribution in [0, 0.1) is 5.41 Å². The summed E-state index contributed by atoms with van der Waals surface area (Å²) in [6.07, 6.45) is 2.38. The lowest BCUT2D eigenvalue weighted by molar-refractivity contribution is -0.148. The second-order valence-electron chi connectivity index (χ2n) is 9.70. The number of aromatic nitrogens is 2. The van der Waals surface area contributed by atoms with Crippen LogP contribution in [-0.2, 0) is 9.59 Å². The number of rotatable bonds is 3. The van der Waals surface area contributed by atoms with Crippen LogP contribution in [0.3, 0.4) is 0 Å². The average molecular weight is 441 g/mol. The van der Waals surface area contributed by atoms with Gasteiger partial charge in [-0.05, 0) is 31.4 Å². The Morgan fingerprint density at radius 1 is 1.06 bits per heavy atom. The molecule has 3 N–H and O–H groups in total. The fourth-order valence-electron chi connectivity index (χ4n) is 4.63. The summed E-state index contributed by atoms with van der Waals surface area (Å²) >= 11 is 0. The predicted molar refractivity (Wildman–Crippen MR) is 122 cm³/mol. The van der Waals surface area contributed by atoms with Crippen molar-refractivity contribution in [3.8, 4) is 0 Å². The molecule has 0 radical (unpaired) electrons. The fraction of sp³-hybridized carbons (Fsp3) is 0.565. The fourth-order valence-corrected chi connectivity index (χ4v) is 4.63. The van der Waals surface area contributed by atoms with E-state index in [1.54, 1.807) is 17.0 Å². The number of aromatic amines is 1. The third-order valence-electron chi connectivity index (χ3n) is 6.31. The van der Waals surface area contributed by atoms with Gasteiger partial charge in [0.05, 0.1) is 11.1 Å². The first kappa shape index (κ1) is 22.1. The molecule has 2 aliphatic heterocycles. The lowest BCUT2D eigenvalue weighted by Crippen LogP contribution is -2.51. The lowest BCUT2D eigenvalue weighted by Gasteiger charge is -2.33. The summed E-state index contributed by atoms with van der Waals surface area (Å²) in [5, 5.41) is 0. The molecular formula is C23H32N6O3. The molecule has 2 fully saturated rings. The Kier molecular flexibility index (Phi) is 5.83. The van der Waals surface area contributed by atoms with Gasteiger partial charge in [0.1, 0.15) is 11.6 Å². The molecule has 3 heterocycles. The van der Waals surface area contributed by atoms with E-state index < -0.39 is 11.3 Å². The van der Waals surface area contributed by atoms with Gasteiger partial charge in [-0.15, -0.1) is 0 Å². The normalized spacial score (nSPS) is 20.0. The number of H-pyrrole nitrogens is 1. The number of para-hydroxylation sites is 1. The van der Waals surface area contributed by atoms with Crippen LogP contribution in [0.1, 0.15) is 50.4 Å². The smallest absolute Gasteiger partial charge is 0.250 e. The molecular weight excluding hydrogens is 408 g/mol. The van der Waals surface area contributed by atoms with Gasteiger partial charge in [-0.2, -0.15) is 0 Å². The Morgan fingerprint density at radius 2 is 1.84 bits per heavy atom. The largest absolute Gasteiger partial charge is 0.366 e. The minimum absolute atomic E-state index is 0.0392. The van der Waals surface area contributed by atoms with Crippen molar-refractivity contribution < 1.29 is 14.4 Å². The average Bonchev–Trinajstić information content (AvgIpc) is 3.32. The highest BCUT2D eigenvalue weighted by Crippen LogP contribution is 2.27. The number of carbonyl (C=O) groups is 3. The third kappa shape index (κ3) is 4.16. The second kappa shape index (κ2) is 8.44. The van der Waals surface area contributed by atoms with E-state index in [4.69, 9.17) is 5.73 Å². The van der Waals surface area contributed by atoms with Gasteiger partial charge < -0.3 is 25.4 Å². The quantitative estimate of drug-likeness (QED) is 0.754. The maximum absolute atomic E-state index is 13.3. The van der Waals surface area contributed by atoms with Crippen molar-refractivity contribution in [2.75, 3.05) is 37.6 Å². The SMILES string of the molecule is CC(C)(C)C(=O)N1CCC[C@@H]1C(=O)N1CCCN(c2nc3c(C(N)=O)cccc3[nH]2)CC1. The molecule has 4 rings (SSSR count). The lowest BCUT2D eigenvalue weighted by atomic mass is 9.94. The summed E-state index contributed by atoms with van der Waals surface area (Å²) in [4.78, 5) is 51.5. The van der Waals surface area contributed by atoms with E-state index in [0.717, 1.165) is 31.3 Å². The van der Waals surface area contributed by atoms with Gasteiger partial charge in [0.15, 0.2) is 0 Å². The van der Waals surface area contributed by atoms with Gasteiger partial charge in [0.25, 0.3) is 5.91 Å². The van der Waals surface area contributed by atoms with Crippen LogP contribution >= 0.6 is 0 Å². The molecule has 0 aliphatic carbocycles. The minimum atomic E-state index is -0.507. The number of primary amides is 1. The van der Waals surface area contributed by atoms with Gasteiger partial charge in [-0.3, -0.25) is 14.4 Å². The molecule has 1 aromatic carbocycles. The van der Waals surface area contributed by atoms with Crippen LogP contribution in [0.2, 0.25) is 0 Å². The highest BCUT2D eigenvalue weighted by atomic mass is 16.2. The van der Waals surface area contributed by atoms with Gasteiger partial charge in [-0.1, -0.05) is 26.8 Å². The van der Waals surface area contributed by atoms with E-state index in [-0.39, 0.29) is 17.9 Å². The molecule has 1 atom stereocenters. The Morgan fingerprint density at radius 3 is 2.56 bits per heavy atom. The maximum atomic E-state index is 13.3. The number of nitrogens with zero attached hydrogens (tertiary/aromatic N) is 4. The zero-order chi connectivity index (χ0) is 23.0. The molecule has 172 valence electrons. The van der Waals surface area contributed by atoms with E-state index in [9.17, 15) is 14.4 Å². The van der Waals surface area contributed by atoms with Gasteiger partial charge in [-0.25, -0.2) is 4.98 Å². The highest BCUT2D eigenvalue weighted by molar-refractivity contribution is 6.04. The van der Waals surface area contributed by atoms with Crippen LogP contribution < -0.4 is 10.6 Å². The Labute approximate surface area is 187 Å². The van der Waals surface area contributed by atoms with Gasteiger partial charge in [0, 0.05) is 38.1 Å². The number of carbonyl (C=O) groups excluding carboxylic acids is 3. The molecule has 2 saturated heterocycles. The van der Waals surface area contributed by atoms with E-state index in [1.807, 2.05) is 31.7 Å². The van der Waals surface area contributed by atoms with Crippen LogP contribution in [-0.4, -0.2) is 76.3 Å². The topological polar surface area (TPSA) is 116 Å². The van der Waals surface area contributed by atoms with Crippen molar-refractivity contribution in [3.63, 3.8) is 0 Å². The number of benzene rings is 1. The summed E-state index contributed by atoms with van der Waals surface area (Å²) < 4.78 is 0. The molecule has 3 amide bonds. The summed E-state index contributed by atoms with van der Waals surface area (Å²) in [6.45, 7) is 8.92. The molecule has 0 saturated carbocycles. The second-order valence-corrected chi connectivity index (χ2v) is 9.70.